The van der Waals surface area contributed by atoms with Crippen molar-refractivity contribution in [2.24, 2.45) is 0 Å². The smallest absolute Gasteiger partial charge is 0 e. The molecule has 12 heavy (non-hydrogen) atoms. The van der Waals surface area contributed by atoms with Crippen LogP contribution < -0.4 is 0 Å². The van der Waals surface area contributed by atoms with Gasteiger partial charge in [0.05, 0.1) is 0 Å². The Morgan fingerprint density at radius 2 is 1.42 bits per heavy atom. The number of halogens is 1. The summed E-state index contributed by atoms with van der Waals surface area (Å²) in [4.78, 5) is 0. The molecule has 0 nitrogen and oxygen atoms in total. The summed E-state index contributed by atoms with van der Waals surface area (Å²) >= 11 is 0. The second-order valence-electron chi connectivity index (χ2n) is 3.07. The Hall–Kier alpha value is 0.524. The first-order valence-corrected chi connectivity index (χ1v) is 4.55. The minimum atomic E-state index is 0. The van der Waals surface area contributed by atoms with Crippen molar-refractivity contribution in [3.8, 4) is 0 Å². The molecular weight excluding hydrogens is 214 g/mol. The standard InChI is InChI=1S/C10H17.ClH.Ni/c1-2-4-6-8-10-9-7-5-3-1;;/h1H,2,4-10H2;1H;/q-1;;. The van der Waals surface area contributed by atoms with Crippen LogP contribution in [0.25, 0.3) is 0 Å². The molecule has 0 spiro atoms. The molecule has 1 rings (SSSR count). The summed E-state index contributed by atoms with van der Waals surface area (Å²) in [5, 5.41) is 0. The summed E-state index contributed by atoms with van der Waals surface area (Å²) in [6.07, 6.45) is 16.5. The second kappa shape index (κ2) is 11.5. The first-order valence-electron chi connectivity index (χ1n) is 4.55. The maximum Gasteiger partial charge on any atom is 0 e. The van der Waals surface area contributed by atoms with Gasteiger partial charge in [-0.05, 0) is 0 Å². The van der Waals surface area contributed by atoms with Crippen LogP contribution in [0.5, 0.6) is 0 Å². The van der Waals surface area contributed by atoms with E-state index in [-0.39, 0.29) is 28.9 Å². The van der Waals surface area contributed by atoms with E-state index in [1.807, 2.05) is 0 Å². The summed E-state index contributed by atoms with van der Waals surface area (Å²) in [6.45, 7) is 0. The molecular formula is C10H18ClNi-. The average molecular weight is 232 g/mol. The van der Waals surface area contributed by atoms with E-state index in [0.717, 1.165) is 0 Å². The van der Waals surface area contributed by atoms with Gasteiger partial charge in [-0.1, -0.05) is 44.9 Å². The zero-order valence-electron chi connectivity index (χ0n) is 7.46. The van der Waals surface area contributed by atoms with Crippen molar-refractivity contribution in [3.05, 3.63) is 12.2 Å². The molecule has 1 aliphatic rings. The maximum atomic E-state index is 3.33. The number of hydrogen-bond acceptors (Lipinski definition) is 0. The van der Waals surface area contributed by atoms with Crippen molar-refractivity contribution in [3.63, 3.8) is 0 Å². The first-order chi connectivity index (χ1) is 5.00. The van der Waals surface area contributed by atoms with E-state index in [1.165, 1.54) is 51.4 Å². The van der Waals surface area contributed by atoms with E-state index < -0.39 is 0 Å². The van der Waals surface area contributed by atoms with Gasteiger partial charge in [0, 0.05) is 16.5 Å². The van der Waals surface area contributed by atoms with E-state index >= 15 is 0 Å². The third-order valence-corrected chi connectivity index (χ3v) is 2.06. The Balaban J connectivity index is 0. The van der Waals surface area contributed by atoms with E-state index in [2.05, 4.69) is 12.2 Å². The van der Waals surface area contributed by atoms with Crippen LogP contribution in [0, 0.1) is 6.08 Å². The predicted molar refractivity (Wildman–Crippen MR) is 52.0 cm³/mol. The molecule has 0 heterocycles. The second-order valence-corrected chi connectivity index (χ2v) is 3.07. The molecule has 0 aromatic carbocycles. The van der Waals surface area contributed by atoms with Crippen LogP contribution in [0.1, 0.15) is 51.4 Å². The quantitative estimate of drug-likeness (QED) is 0.439. The minimum Gasteiger partial charge on any atom is -0.501 e. The molecule has 0 fully saturated rings. The van der Waals surface area contributed by atoms with Crippen LogP contribution in [0.2, 0.25) is 0 Å². The molecule has 1 aliphatic carbocycles. The molecule has 0 radical (unpaired) electrons. The normalized spacial score (nSPS) is 18.7. The van der Waals surface area contributed by atoms with Crippen LogP contribution in [-0.4, -0.2) is 0 Å². The molecule has 0 N–H and O–H groups in total. The molecule has 0 saturated heterocycles. The molecule has 0 unspecified atom stereocenters. The van der Waals surface area contributed by atoms with E-state index in [4.69, 9.17) is 0 Å². The summed E-state index contributed by atoms with van der Waals surface area (Å²) < 4.78 is 0. The molecule has 2 heteroatoms. The number of hydrogen-bond donors (Lipinski definition) is 0. The van der Waals surface area contributed by atoms with Crippen molar-refractivity contribution >= 4 is 12.4 Å². The van der Waals surface area contributed by atoms with Gasteiger partial charge in [0.25, 0.3) is 0 Å². The fourth-order valence-corrected chi connectivity index (χ4v) is 1.38. The molecule has 0 bridgehead atoms. The fraction of sp³-hybridized carbons (Fsp3) is 0.800. The van der Waals surface area contributed by atoms with Crippen LogP contribution >= 0.6 is 12.4 Å². The topological polar surface area (TPSA) is 0 Å². The largest absolute Gasteiger partial charge is 0.501 e. The summed E-state index contributed by atoms with van der Waals surface area (Å²) in [7, 11) is 0. The average Bonchev–Trinajstić information content (AvgIpc) is 2.01. The first kappa shape index (κ1) is 15.0. The zero-order chi connectivity index (χ0) is 7.07. The van der Waals surface area contributed by atoms with Gasteiger partial charge in [-0.15, -0.1) is 12.4 Å². The molecule has 0 amide bonds. The van der Waals surface area contributed by atoms with E-state index in [0.29, 0.717) is 0 Å². The van der Waals surface area contributed by atoms with Gasteiger partial charge < -0.3 is 6.08 Å². The fourth-order valence-electron chi connectivity index (χ4n) is 1.38. The van der Waals surface area contributed by atoms with E-state index in [9.17, 15) is 0 Å². The van der Waals surface area contributed by atoms with Gasteiger partial charge in [0.15, 0.2) is 0 Å². The molecule has 0 atom stereocenters. The molecule has 0 saturated carbocycles. The summed E-state index contributed by atoms with van der Waals surface area (Å²) in [5.41, 5.74) is 0. The summed E-state index contributed by atoms with van der Waals surface area (Å²) in [5.74, 6) is 0. The van der Waals surface area contributed by atoms with Gasteiger partial charge in [0.1, 0.15) is 0 Å². The molecule has 76 valence electrons. The molecule has 0 aliphatic heterocycles. The van der Waals surface area contributed by atoms with Crippen molar-refractivity contribution in [2.45, 2.75) is 51.4 Å². The third-order valence-electron chi connectivity index (χ3n) is 2.06. The maximum absolute atomic E-state index is 3.33. The Bertz CT molecular complexity index is 90.0. The number of rotatable bonds is 0. The van der Waals surface area contributed by atoms with E-state index in [1.54, 1.807) is 0 Å². The predicted octanol–water partition coefficient (Wildman–Crippen LogP) is 3.90. The molecule has 0 aromatic heterocycles. The number of allylic oxidation sites excluding steroid dienone is 2. The van der Waals surface area contributed by atoms with Crippen LogP contribution in [0.15, 0.2) is 6.08 Å². The van der Waals surface area contributed by atoms with Crippen molar-refractivity contribution < 1.29 is 16.5 Å². The zero-order valence-corrected chi connectivity index (χ0v) is 9.26. The summed E-state index contributed by atoms with van der Waals surface area (Å²) in [6, 6.07) is 0. The monoisotopic (exact) mass is 231 g/mol. The SMILES string of the molecule is Cl.[C-]1=CCCCCCCCC1.[Ni]. The van der Waals surface area contributed by atoms with Gasteiger partial charge >= 0.3 is 0 Å². The van der Waals surface area contributed by atoms with Crippen LogP contribution in [-0.2, 0) is 16.5 Å². The van der Waals surface area contributed by atoms with Crippen molar-refractivity contribution in [1.29, 1.82) is 0 Å². The van der Waals surface area contributed by atoms with Gasteiger partial charge in [0.2, 0.25) is 0 Å². The Kier molecular flexibility index (Phi) is 14.4. The van der Waals surface area contributed by atoms with Crippen molar-refractivity contribution in [2.75, 3.05) is 0 Å². The Morgan fingerprint density at radius 3 is 2.17 bits per heavy atom. The third kappa shape index (κ3) is 8.62. The van der Waals surface area contributed by atoms with Crippen LogP contribution in [0.4, 0.5) is 0 Å². The van der Waals surface area contributed by atoms with Gasteiger partial charge in [-0.3, -0.25) is 6.08 Å². The Labute approximate surface area is 92.5 Å². The Morgan fingerprint density at radius 1 is 0.833 bits per heavy atom. The van der Waals surface area contributed by atoms with Crippen molar-refractivity contribution in [1.82, 2.24) is 0 Å². The minimum absolute atomic E-state index is 0. The molecule has 0 aromatic rings. The van der Waals surface area contributed by atoms with Crippen LogP contribution in [0.3, 0.4) is 0 Å². The van der Waals surface area contributed by atoms with Gasteiger partial charge in [-0.25, -0.2) is 0 Å². The van der Waals surface area contributed by atoms with Gasteiger partial charge in [-0.2, -0.15) is 6.42 Å².